The van der Waals surface area contributed by atoms with Gasteiger partial charge in [0.25, 0.3) is 0 Å². The van der Waals surface area contributed by atoms with Gasteiger partial charge in [-0.15, -0.1) is 0 Å². The molecule has 1 atom stereocenters. The zero-order valence-corrected chi connectivity index (χ0v) is 9.98. The maximum absolute atomic E-state index is 11.8. The number of nitrogens with zero attached hydrogens (tertiary/aromatic N) is 1. The van der Waals surface area contributed by atoms with Gasteiger partial charge in [0, 0.05) is 6.61 Å². The van der Waals surface area contributed by atoms with Gasteiger partial charge in [0.2, 0.25) is 5.91 Å². The van der Waals surface area contributed by atoms with Crippen molar-refractivity contribution in [3.63, 3.8) is 0 Å². The van der Waals surface area contributed by atoms with E-state index in [2.05, 4.69) is 5.32 Å². The summed E-state index contributed by atoms with van der Waals surface area (Å²) >= 11 is 0. The molecule has 3 N–H and O–H groups in total. The van der Waals surface area contributed by atoms with E-state index >= 15 is 0 Å². The van der Waals surface area contributed by atoms with Crippen molar-refractivity contribution >= 4 is 17.3 Å². The fourth-order valence-corrected chi connectivity index (χ4v) is 1.96. The van der Waals surface area contributed by atoms with Crippen molar-refractivity contribution in [3.05, 3.63) is 23.8 Å². The third-order valence-electron chi connectivity index (χ3n) is 2.89. The number of nitrogen functional groups attached to an aromatic ring is 1. The van der Waals surface area contributed by atoms with E-state index in [1.807, 2.05) is 6.07 Å². The van der Waals surface area contributed by atoms with Gasteiger partial charge in [0.05, 0.1) is 35.5 Å². The number of benzene rings is 1. The molecule has 18 heavy (non-hydrogen) atoms. The van der Waals surface area contributed by atoms with Crippen molar-refractivity contribution in [2.24, 2.45) is 0 Å². The molecular formula is C13H15N3O2. The van der Waals surface area contributed by atoms with E-state index in [1.54, 1.807) is 18.2 Å². The van der Waals surface area contributed by atoms with E-state index < -0.39 is 0 Å². The first-order chi connectivity index (χ1) is 8.69. The molecule has 1 aliphatic rings. The minimum Gasteiger partial charge on any atom is -0.397 e. The van der Waals surface area contributed by atoms with Gasteiger partial charge in [0.1, 0.15) is 0 Å². The van der Waals surface area contributed by atoms with Crippen LogP contribution >= 0.6 is 0 Å². The number of ether oxygens (including phenoxy) is 1. The summed E-state index contributed by atoms with van der Waals surface area (Å²) in [6.07, 6.45) is 2.30. The SMILES string of the molecule is N#Cc1ccc(NC(=O)CC2CCCO2)c(N)c1. The minimum absolute atomic E-state index is 0.0182. The molecule has 1 heterocycles. The second-order valence-corrected chi connectivity index (χ2v) is 4.30. The number of nitriles is 1. The Hall–Kier alpha value is -2.06. The van der Waals surface area contributed by atoms with E-state index in [9.17, 15) is 4.79 Å². The van der Waals surface area contributed by atoms with Crippen molar-refractivity contribution in [1.29, 1.82) is 5.26 Å². The van der Waals surface area contributed by atoms with E-state index in [4.69, 9.17) is 15.7 Å². The van der Waals surface area contributed by atoms with E-state index in [1.165, 1.54) is 0 Å². The Morgan fingerprint density at radius 3 is 3.06 bits per heavy atom. The fourth-order valence-electron chi connectivity index (χ4n) is 1.96. The molecule has 5 heteroatoms. The van der Waals surface area contributed by atoms with Crippen LogP contribution in [0.1, 0.15) is 24.8 Å². The highest BCUT2D eigenvalue weighted by atomic mass is 16.5. The maximum atomic E-state index is 11.8. The Kier molecular flexibility index (Phi) is 3.80. The largest absolute Gasteiger partial charge is 0.397 e. The number of rotatable bonds is 3. The van der Waals surface area contributed by atoms with E-state index in [0.29, 0.717) is 23.4 Å². The molecule has 0 spiro atoms. The molecule has 94 valence electrons. The monoisotopic (exact) mass is 245 g/mol. The van der Waals surface area contributed by atoms with Gasteiger partial charge in [-0.25, -0.2) is 0 Å². The second kappa shape index (κ2) is 5.52. The minimum atomic E-state index is -0.113. The maximum Gasteiger partial charge on any atom is 0.227 e. The Labute approximate surface area is 106 Å². The van der Waals surface area contributed by atoms with Crippen LogP contribution in [0.3, 0.4) is 0 Å². The van der Waals surface area contributed by atoms with E-state index in [-0.39, 0.29) is 12.0 Å². The number of amides is 1. The first-order valence-corrected chi connectivity index (χ1v) is 5.90. The highest BCUT2D eigenvalue weighted by Gasteiger charge is 2.19. The number of nitrogens with two attached hydrogens (primary N) is 1. The Morgan fingerprint density at radius 1 is 1.61 bits per heavy atom. The molecule has 5 nitrogen and oxygen atoms in total. The number of carbonyl (C=O) groups is 1. The summed E-state index contributed by atoms with van der Waals surface area (Å²) in [5.74, 6) is -0.113. The van der Waals surface area contributed by atoms with Gasteiger partial charge in [-0.1, -0.05) is 0 Å². The molecule has 1 aromatic rings. The molecule has 1 aromatic carbocycles. The topological polar surface area (TPSA) is 88.1 Å². The molecule has 0 radical (unpaired) electrons. The Morgan fingerprint density at radius 2 is 2.44 bits per heavy atom. The first-order valence-electron chi connectivity index (χ1n) is 5.90. The molecule has 1 fully saturated rings. The fraction of sp³-hybridized carbons (Fsp3) is 0.385. The van der Waals surface area contributed by atoms with Crippen LogP contribution in [-0.2, 0) is 9.53 Å². The van der Waals surface area contributed by atoms with Crippen molar-refractivity contribution in [2.45, 2.75) is 25.4 Å². The molecule has 2 rings (SSSR count). The summed E-state index contributed by atoms with van der Waals surface area (Å²) in [4.78, 5) is 11.8. The van der Waals surface area contributed by atoms with Crippen LogP contribution < -0.4 is 11.1 Å². The lowest BCUT2D eigenvalue weighted by Gasteiger charge is -2.11. The lowest BCUT2D eigenvalue weighted by atomic mass is 10.1. The summed E-state index contributed by atoms with van der Waals surface area (Å²) in [6, 6.07) is 6.80. The number of carbonyl (C=O) groups excluding carboxylic acids is 1. The molecule has 0 aromatic heterocycles. The Balaban J connectivity index is 1.96. The van der Waals surface area contributed by atoms with Crippen LogP contribution in [0.15, 0.2) is 18.2 Å². The second-order valence-electron chi connectivity index (χ2n) is 4.30. The molecule has 0 saturated carbocycles. The van der Waals surface area contributed by atoms with Crippen molar-refractivity contribution in [1.82, 2.24) is 0 Å². The molecule has 1 saturated heterocycles. The molecule has 1 amide bonds. The van der Waals surface area contributed by atoms with Crippen LogP contribution in [0.5, 0.6) is 0 Å². The molecule has 1 unspecified atom stereocenters. The van der Waals surface area contributed by atoms with Crippen molar-refractivity contribution < 1.29 is 9.53 Å². The standard InChI is InChI=1S/C13H15N3O2/c14-8-9-3-4-12(11(15)6-9)16-13(17)7-10-2-1-5-18-10/h3-4,6,10H,1-2,5,7,15H2,(H,16,17). The highest BCUT2D eigenvalue weighted by molar-refractivity contribution is 5.94. The van der Waals surface area contributed by atoms with Gasteiger partial charge < -0.3 is 15.8 Å². The number of hydrogen-bond acceptors (Lipinski definition) is 4. The zero-order valence-electron chi connectivity index (χ0n) is 9.98. The summed E-state index contributed by atoms with van der Waals surface area (Å²) in [6.45, 7) is 0.733. The quantitative estimate of drug-likeness (QED) is 0.792. The first kappa shape index (κ1) is 12.4. The highest BCUT2D eigenvalue weighted by Crippen LogP contribution is 2.21. The molecule has 1 aliphatic heterocycles. The average molecular weight is 245 g/mol. The predicted molar refractivity (Wildman–Crippen MR) is 67.8 cm³/mol. The average Bonchev–Trinajstić information content (AvgIpc) is 2.84. The summed E-state index contributed by atoms with van der Waals surface area (Å²) in [7, 11) is 0. The number of anilines is 2. The van der Waals surface area contributed by atoms with Gasteiger partial charge >= 0.3 is 0 Å². The van der Waals surface area contributed by atoms with Gasteiger partial charge in [-0.05, 0) is 31.0 Å². The smallest absolute Gasteiger partial charge is 0.227 e. The van der Waals surface area contributed by atoms with Crippen LogP contribution in [-0.4, -0.2) is 18.6 Å². The van der Waals surface area contributed by atoms with Crippen molar-refractivity contribution in [3.8, 4) is 6.07 Å². The van der Waals surface area contributed by atoms with Crippen molar-refractivity contribution in [2.75, 3.05) is 17.7 Å². The lowest BCUT2D eigenvalue weighted by molar-refractivity contribution is -0.118. The molecule has 0 bridgehead atoms. The van der Waals surface area contributed by atoms with Crippen LogP contribution in [0.25, 0.3) is 0 Å². The van der Waals surface area contributed by atoms with E-state index in [0.717, 1.165) is 19.4 Å². The lowest BCUT2D eigenvalue weighted by Crippen LogP contribution is -2.19. The van der Waals surface area contributed by atoms with Crippen LogP contribution in [0.4, 0.5) is 11.4 Å². The summed E-state index contributed by atoms with van der Waals surface area (Å²) in [5, 5.41) is 11.5. The summed E-state index contributed by atoms with van der Waals surface area (Å²) in [5.41, 5.74) is 7.17. The van der Waals surface area contributed by atoms with Crippen LogP contribution in [0, 0.1) is 11.3 Å². The summed E-state index contributed by atoms with van der Waals surface area (Å²) < 4.78 is 5.39. The molecular weight excluding hydrogens is 230 g/mol. The third kappa shape index (κ3) is 2.99. The normalized spacial score (nSPS) is 18.3. The van der Waals surface area contributed by atoms with Gasteiger partial charge in [0.15, 0.2) is 0 Å². The Bertz CT molecular complexity index is 487. The van der Waals surface area contributed by atoms with Gasteiger partial charge in [-0.3, -0.25) is 4.79 Å². The van der Waals surface area contributed by atoms with Gasteiger partial charge in [-0.2, -0.15) is 5.26 Å². The molecule has 0 aliphatic carbocycles. The number of hydrogen-bond donors (Lipinski definition) is 2. The predicted octanol–water partition coefficient (Wildman–Crippen LogP) is 1.65. The van der Waals surface area contributed by atoms with Crippen LogP contribution in [0.2, 0.25) is 0 Å². The third-order valence-corrected chi connectivity index (χ3v) is 2.89. The zero-order chi connectivity index (χ0) is 13.0. The number of nitrogens with one attached hydrogen (secondary N) is 1.